The second-order valence-corrected chi connectivity index (χ2v) is 19.2. The number of carbonyl (C=O) groups excluding carboxylic acids is 9. The number of hydrogen-bond acceptors (Lipinski definition) is 12. The average molecular weight is 1040 g/mol. The van der Waals surface area contributed by atoms with Crippen LogP contribution in [0.25, 0.3) is 0 Å². The highest BCUT2D eigenvalue weighted by molar-refractivity contribution is 9.10. The molecule has 20 nitrogen and oxygen atoms in total. The number of cyclic esters (lactones) is 1. The van der Waals surface area contributed by atoms with E-state index < -0.39 is 114 Å². The molecule has 2 aliphatic rings. The topological polar surface area (TPSA) is 282 Å². The molecule has 9 atom stereocenters. The average Bonchev–Trinajstić information content (AvgIpc) is 3.30. The predicted molar refractivity (Wildman–Crippen MR) is 259 cm³/mol. The molecule has 382 valence electrons. The van der Waals surface area contributed by atoms with Crippen LogP contribution < -0.4 is 31.9 Å². The standard InChI is InChI=1S/C49H67BrN8O12/c1-10-15-37(60)51-27(7)42(62)54-39(25(3)4)45(65)56-41-28(8)70-49(69)40(26(5)6)55-44(64)34(24-30-18-20-36(59)31(50)22-30)57(9)48(68)35(23-29-16-13-12-14-17-29)58-38(61)21-19-33(47(58)67)53-43(63)32(11-2)52-46(41)66/h11-14,16-18,20,22,25-28,33-35,38-41,59,61H,10,15,19,21,23-24H2,1-9H3,(H,51,60)(H,52,66)(H,53,63)(H,54,62)(H,55,64)(H,56,65). The number of hydrogen-bond donors (Lipinski definition) is 8. The first-order chi connectivity index (χ1) is 33.0. The van der Waals surface area contributed by atoms with Gasteiger partial charge in [-0.3, -0.25) is 38.4 Å². The zero-order valence-electron chi connectivity index (χ0n) is 41.0. The van der Waals surface area contributed by atoms with E-state index in [0.717, 1.165) is 9.80 Å². The van der Waals surface area contributed by atoms with Gasteiger partial charge >= 0.3 is 5.97 Å². The lowest BCUT2D eigenvalue weighted by atomic mass is 9.95. The molecule has 2 aliphatic heterocycles. The minimum Gasteiger partial charge on any atom is -0.507 e. The van der Waals surface area contributed by atoms with Gasteiger partial charge in [-0.25, -0.2) is 4.79 Å². The van der Waals surface area contributed by atoms with E-state index in [1.807, 2.05) is 0 Å². The largest absolute Gasteiger partial charge is 0.507 e. The summed E-state index contributed by atoms with van der Waals surface area (Å²) in [6.45, 7) is 12.5. The molecule has 2 heterocycles. The number of likely N-dealkylation sites (N-methyl/N-ethyl adjacent to an activating group) is 1. The van der Waals surface area contributed by atoms with Gasteiger partial charge in [-0.05, 0) is 91.1 Å². The van der Waals surface area contributed by atoms with E-state index in [1.54, 1.807) is 77.1 Å². The molecule has 2 fully saturated rings. The normalized spacial score (nSPS) is 24.6. The highest BCUT2D eigenvalue weighted by Crippen LogP contribution is 2.28. The number of piperidine rings is 1. The number of fused-ring (bicyclic) bond motifs is 2. The molecule has 8 amide bonds. The maximum Gasteiger partial charge on any atom is 0.329 e. The Bertz CT molecular complexity index is 2290. The lowest BCUT2D eigenvalue weighted by Crippen LogP contribution is -2.64. The fourth-order valence-corrected chi connectivity index (χ4v) is 8.50. The zero-order chi connectivity index (χ0) is 52.1. The number of phenols is 1. The van der Waals surface area contributed by atoms with Crippen LogP contribution in [0.1, 0.15) is 92.2 Å². The number of carbonyl (C=O) groups is 9. The van der Waals surface area contributed by atoms with Gasteiger partial charge in [-0.2, -0.15) is 0 Å². The summed E-state index contributed by atoms with van der Waals surface area (Å²) in [6.07, 6.45) is -1.51. The zero-order valence-corrected chi connectivity index (χ0v) is 42.6. The number of allylic oxidation sites excluding steroid dienone is 1. The number of nitrogens with zero attached hydrogens (tertiary/aromatic N) is 2. The molecule has 2 aromatic carbocycles. The Balaban J connectivity index is 1.83. The van der Waals surface area contributed by atoms with Crippen LogP contribution in [0.15, 0.2) is 64.8 Å². The van der Waals surface area contributed by atoms with Crippen molar-refractivity contribution in [3.8, 4) is 5.75 Å². The quantitative estimate of drug-likeness (QED) is 0.105. The van der Waals surface area contributed by atoms with Crippen molar-refractivity contribution in [3.63, 3.8) is 0 Å². The van der Waals surface area contributed by atoms with Crippen molar-refractivity contribution < 1.29 is 58.1 Å². The van der Waals surface area contributed by atoms with Crippen LogP contribution in [0.3, 0.4) is 0 Å². The molecule has 4 rings (SSSR count). The van der Waals surface area contributed by atoms with Crippen molar-refractivity contribution in [1.82, 2.24) is 41.7 Å². The molecule has 9 unspecified atom stereocenters. The summed E-state index contributed by atoms with van der Waals surface area (Å²) >= 11 is 3.30. The van der Waals surface area contributed by atoms with Gasteiger partial charge in [0.1, 0.15) is 66.1 Å². The van der Waals surface area contributed by atoms with Crippen LogP contribution in [-0.2, 0) is 60.7 Å². The van der Waals surface area contributed by atoms with Crippen molar-refractivity contribution in [1.29, 1.82) is 0 Å². The van der Waals surface area contributed by atoms with Crippen LogP contribution >= 0.6 is 15.9 Å². The summed E-state index contributed by atoms with van der Waals surface area (Å²) < 4.78 is 6.16. The van der Waals surface area contributed by atoms with Gasteiger partial charge in [0.05, 0.1) is 4.47 Å². The number of aliphatic hydroxyl groups is 1. The third-order valence-electron chi connectivity index (χ3n) is 12.2. The van der Waals surface area contributed by atoms with E-state index in [0.29, 0.717) is 22.0 Å². The fourth-order valence-electron chi connectivity index (χ4n) is 8.07. The molecule has 0 saturated carbocycles. The lowest BCUT2D eigenvalue weighted by molar-refractivity contribution is -0.165. The maximum absolute atomic E-state index is 15.0. The van der Waals surface area contributed by atoms with Crippen LogP contribution in [0, 0.1) is 11.8 Å². The highest BCUT2D eigenvalue weighted by atomic mass is 79.9. The third-order valence-corrected chi connectivity index (χ3v) is 12.8. The summed E-state index contributed by atoms with van der Waals surface area (Å²) in [4.78, 5) is 129. The van der Waals surface area contributed by atoms with Gasteiger partial charge in [-0.1, -0.05) is 77.1 Å². The first-order valence-corrected chi connectivity index (χ1v) is 24.3. The fraction of sp³-hybridized carbons (Fsp3) is 0.531. The molecule has 0 aliphatic carbocycles. The number of ether oxygens (including phenoxy) is 1. The minimum absolute atomic E-state index is 0.0680. The van der Waals surface area contributed by atoms with Crippen LogP contribution in [0.4, 0.5) is 0 Å². The van der Waals surface area contributed by atoms with E-state index in [4.69, 9.17) is 4.74 Å². The van der Waals surface area contributed by atoms with Crippen molar-refractivity contribution in [2.24, 2.45) is 11.8 Å². The van der Waals surface area contributed by atoms with Gasteiger partial charge < -0.3 is 56.7 Å². The second-order valence-electron chi connectivity index (χ2n) is 18.3. The summed E-state index contributed by atoms with van der Waals surface area (Å²) in [6, 6.07) is 3.53. The number of benzene rings is 2. The van der Waals surface area contributed by atoms with E-state index in [9.17, 15) is 48.6 Å². The number of rotatable bonds is 13. The number of nitrogens with one attached hydrogen (secondary N) is 6. The molecule has 2 bridgehead atoms. The van der Waals surface area contributed by atoms with E-state index in [2.05, 4.69) is 47.8 Å². The smallest absolute Gasteiger partial charge is 0.329 e. The molecule has 21 heteroatoms. The van der Waals surface area contributed by atoms with Crippen molar-refractivity contribution in [3.05, 3.63) is 75.9 Å². The lowest BCUT2D eigenvalue weighted by Gasteiger charge is -2.43. The molecule has 70 heavy (non-hydrogen) atoms. The second kappa shape index (κ2) is 25.5. The number of phenolic OH excluding ortho intramolecular Hbond substituents is 1. The molecule has 2 aromatic rings. The number of esters is 1. The van der Waals surface area contributed by atoms with Crippen molar-refractivity contribution in [2.45, 2.75) is 149 Å². The number of aromatic hydroxyl groups is 1. The van der Waals surface area contributed by atoms with E-state index in [-0.39, 0.29) is 49.5 Å². The molecule has 8 N–H and O–H groups in total. The molecule has 0 aromatic heterocycles. The van der Waals surface area contributed by atoms with Crippen LogP contribution in [0.5, 0.6) is 5.75 Å². The SMILES string of the molecule is CC=C1NC(=O)C(NC(=O)C(NC(=O)C(C)NC(=O)CCC)C(C)C)C(C)OC(=O)C(C(C)C)NC(=O)C(Cc2ccc(O)c(Br)c2)N(C)C(=O)C(Cc2ccccc2)N2C(=O)C(CCC2O)NC1=O. The van der Waals surface area contributed by atoms with E-state index in [1.165, 1.54) is 40.0 Å². The van der Waals surface area contributed by atoms with Crippen molar-refractivity contribution in [2.75, 3.05) is 7.05 Å². The molecule has 0 spiro atoms. The van der Waals surface area contributed by atoms with Crippen LogP contribution in [0.2, 0.25) is 0 Å². The Morgan fingerprint density at radius 2 is 1.53 bits per heavy atom. The van der Waals surface area contributed by atoms with Gasteiger partial charge in [0.15, 0.2) is 0 Å². The summed E-state index contributed by atoms with van der Waals surface area (Å²) in [5, 5.41) is 37.3. The predicted octanol–water partition coefficient (Wildman–Crippen LogP) is 1.60. The summed E-state index contributed by atoms with van der Waals surface area (Å²) in [5.74, 6) is -8.72. The van der Waals surface area contributed by atoms with Gasteiger partial charge in [0.2, 0.25) is 35.4 Å². The highest BCUT2D eigenvalue weighted by Gasteiger charge is 2.45. The first kappa shape index (κ1) is 56.2. The Morgan fingerprint density at radius 3 is 2.13 bits per heavy atom. The Labute approximate surface area is 416 Å². The number of aliphatic hydroxyl groups excluding tert-OH is 1. The minimum atomic E-state index is -1.75. The number of halogens is 1. The molecule has 0 radical (unpaired) electrons. The first-order valence-electron chi connectivity index (χ1n) is 23.5. The Kier molecular flexibility index (Phi) is 20.5. The van der Waals surface area contributed by atoms with Gasteiger partial charge in [0, 0.05) is 26.3 Å². The Hall–Kier alpha value is -6.35. The van der Waals surface area contributed by atoms with Gasteiger partial charge in [-0.15, -0.1) is 0 Å². The summed E-state index contributed by atoms with van der Waals surface area (Å²) in [5.41, 5.74) is 0.712. The van der Waals surface area contributed by atoms with E-state index >= 15 is 4.79 Å². The van der Waals surface area contributed by atoms with Crippen molar-refractivity contribution >= 4 is 69.2 Å². The Morgan fingerprint density at radius 1 is 0.871 bits per heavy atom. The van der Waals surface area contributed by atoms with Crippen LogP contribution in [-0.4, -0.2) is 135 Å². The maximum atomic E-state index is 15.0. The third kappa shape index (κ3) is 14.6. The number of amides is 8. The van der Waals surface area contributed by atoms with Gasteiger partial charge in [0.25, 0.3) is 11.8 Å². The molecular formula is C49H67BrN8O12. The molecular weight excluding hydrogens is 972 g/mol. The summed E-state index contributed by atoms with van der Waals surface area (Å²) in [7, 11) is 1.35. The molecule has 2 saturated heterocycles. The monoisotopic (exact) mass is 1040 g/mol.